The summed E-state index contributed by atoms with van der Waals surface area (Å²) >= 11 is 0. The third-order valence-corrected chi connectivity index (χ3v) is 4.82. The fourth-order valence-corrected chi connectivity index (χ4v) is 3.40. The fraction of sp³-hybridized carbons (Fsp3) is 0.455. The summed E-state index contributed by atoms with van der Waals surface area (Å²) < 4.78 is 2.09. The van der Waals surface area contributed by atoms with Crippen molar-refractivity contribution >= 4 is 24.4 Å². The van der Waals surface area contributed by atoms with E-state index in [0.29, 0.717) is 19.4 Å². The van der Waals surface area contributed by atoms with E-state index in [2.05, 4.69) is 52.4 Å². The Kier molecular flexibility index (Phi) is 9.24. The van der Waals surface area contributed by atoms with Crippen LogP contribution in [0.4, 0.5) is 0 Å². The Hall–Kier alpha value is -2.11. The summed E-state index contributed by atoms with van der Waals surface area (Å²) in [6.45, 7) is 6.43. The van der Waals surface area contributed by atoms with Crippen molar-refractivity contribution in [3.63, 3.8) is 0 Å². The molecule has 1 amide bonds. The number of aryl methyl sites for hydroxylation is 2. The van der Waals surface area contributed by atoms with Crippen molar-refractivity contribution in [1.29, 1.82) is 0 Å². The molecule has 1 aromatic heterocycles. The Morgan fingerprint density at radius 3 is 2.93 bits per heavy atom. The number of hydrogen-bond donors (Lipinski definition) is 1. The first-order chi connectivity index (χ1) is 13.3. The SMILES string of the molecule is CCCN(C/C=C/c1ccccc1)C(=O)CCc1cc2n(n1)CCCNC2.Cl. The second-order valence-electron chi connectivity index (χ2n) is 7.03. The summed E-state index contributed by atoms with van der Waals surface area (Å²) in [5, 5.41) is 8.09. The van der Waals surface area contributed by atoms with Gasteiger partial charge in [0.15, 0.2) is 0 Å². The predicted molar refractivity (Wildman–Crippen MR) is 116 cm³/mol. The molecule has 0 fully saturated rings. The first kappa shape index (κ1) is 22.2. The highest BCUT2D eigenvalue weighted by molar-refractivity contribution is 5.85. The Bertz CT molecular complexity index is 734. The van der Waals surface area contributed by atoms with Gasteiger partial charge in [-0.1, -0.05) is 49.4 Å². The van der Waals surface area contributed by atoms with Crippen molar-refractivity contribution in [3.8, 4) is 0 Å². The van der Waals surface area contributed by atoms with Gasteiger partial charge in [0.25, 0.3) is 0 Å². The van der Waals surface area contributed by atoms with Gasteiger partial charge in [-0.2, -0.15) is 5.10 Å². The second kappa shape index (κ2) is 11.7. The Morgan fingerprint density at radius 2 is 2.14 bits per heavy atom. The molecule has 0 unspecified atom stereocenters. The van der Waals surface area contributed by atoms with E-state index in [1.165, 1.54) is 5.69 Å². The molecule has 0 spiro atoms. The molecule has 6 heteroatoms. The Labute approximate surface area is 174 Å². The van der Waals surface area contributed by atoms with Gasteiger partial charge in [0, 0.05) is 39.0 Å². The minimum atomic E-state index is 0. The molecule has 0 atom stereocenters. The number of amides is 1. The van der Waals surface area contributed by atoms with Crippen LogP contribution in [0, 0.1) is 0 Å². The third-order valence-electron chi connectivity index (χ3n) is 4.82. The molecule has 1 aliphatic heterocycles. The van der Waals surface area contributed by atoms with E-state index >= 15 is 0 Å². The number of halogens is 1. The molecule has 0 aliphatic carbocycles. The molecular weight excluding hydrogens is 372 g/mol. The topological polar surface area (TPSA) is 50.2 Å². The number of aromatic nitrogens is 2. The number of fused-ring (bicyclic) bond motifs is 1. The molecule has 0 saturated carbocycles. The number of carbonyl (C=O) groups is 1. The summed E-state index contributed by atoms with van der Waals surface area (Å²) in [6, 6.07) is 12.3. The molecule has 1 aromatic carbocycles. The van der Waals surface area contributed by atoms with E-state index in [-0.39, 0.29) is 18.3 Å². The van der Waals surface area contributed by atoms with Crippen LogP contribution in [0.3, 0.4) is 0 Å². The second-order valence-corrected chi connectivity index (χ2v) is 7.03. The summed E-state index contributed by atoms with van der Waals surface area (Å²) in [4.78, 5) is 14.6. The zero-order chi connectivity index (χ0) is 18.9. The number of benzene rings is 1. The van der Waals surface area contributed by atoms with Crippen LogP contribution in [0.15, 0.2) is 42.5 Å². The molecule has 0 bridgehead atoms. The van der Waals surface area contributed by atoms with Crippen LogP contribution in [0.5, 0.6) is 0 Å². The van der Waals surface area contributed by atoms with Crippen LogP contribution < -0.4 is 5.32 Å². The van der Waals surface area contributed by atoms with E-state index < -0.39 is 0 Å². The van der Waals surface area contributed by atoms with Crippen molar-refractivity contribution in [2.75, 3.05) is 19.6 Å². The van der Waals surface area contributed by atoms with Crippen molar-refractivity contribution in [2.24, 2.45) is 0 Å². The van der Waals surface area contributed by atoms with Crippen LogP contribution in [0.1, 0.15) is 43.1 Å². The highest BCUT2D eigenvalue weighted by Crippen LogP contribution is 2.11. The third kappa shape index (κ3) is 6.50. The maximum atomic E-state index is 12.7. The van der Waals surface area contributed by atoms with E-state index in [9.17, 15) is 4.79 Å². The largest absolute Gasteiger partial charge is 0.339 e. The van der Waals surface area contributed by atoms with Crippen LogP contribution in [0.25, 0.3) is 6.08 Å². The summed E-state index contributed by atoms with van der Waals surface area (Å²) in [7, 11) is 0. The molecule has 2 heterocycles. The van der Waals surface area contributed by atoms with Gasteiger partial charge < -0.3 is 10.2 Å². The van der Waals surface area contributed by atoms with Gasteiger partial charge in [-0.3, -0.25) is 9.48 Å². The minimum absolute atomic E-state index is 0. The molecule has 2 aromatic rings. The number of nitrogens with zero attached hydrogens (tertiary/aromatic N) is 3. The number of carbonyl (C=O) groups excluding carboxylic acids is 1. The summed E-state index contributed by atoms with van der Waals surface area (Å²) in [5.74, 6) is 0.205. The van der Waals surface area contributed by atoms with Gasteiger partial charge >= 0.3 is 0 Å². The molecule has 5 nitrogen and oxygen atoms in total. The lowest BCUT2D eigenvalue weighted by Crippen LogP contribution is -2.32. The maximum Gasteiger partial charge on any atom is 0.223 e. The van der Waals surface area contributed by atoms with E-state index in [0.717, 1.165) is 50.3 Å². The van der Waals surface area contributed by atoms with Crippen LogP contribution in [-0.2, 0) is 24.3 Å². The molecule has 0 radical (unpaired) electrons. The fourth-order valence-electron chi connectivity index (χ4n) is 3.40. The normalized spacial score (nSPS) is 13.6. The number of nitrogens with one attached hydrogen (secondary N) is 1. The lowest BCUT2D eigenvalue weighted by Gasteiger charge is -2.20. The summed E-state index contributed by atoms with van der Waals surface area (Å²) in [5.41, 5.74) is 3.42. The standard InChI is InChI=1S/C22H30N4O.ClH/c1-2-14-25(15-6-10-19-8-4-3-5-9-19)22(27)12-11-20-17-21-18-23-13-7-16-26(21)24-20;/h3-6,8-10,17,23H,2,7,11-16,18H2,1H3;1H/b10-6+;. The van der Waals surface area contributed by atoms with Gasteiger partial charge in [-0.15, -0.1) is 12.4 Å². The molecule has 0 saturated heterocycles. The lowest BCUT2D eigenvalue weighted by molar-refractivity contribution is -0.130. The maximum absolute atomic E-state index is 12.7. The number of rotatable bonds is 8. The average Bonchev–Trinajstić information content (AvgIpc) is 2.95. The Balaban J connectivity index is 0.00000280. The van der Waals surface area contributed by atoms with Crippen molar-refractivity contribution < 1.29 is 4.79 Å². The zero-order valence-electron chi connectivity index (χ0n) is 16.6. The highest BCUT2D eigenvalue weighted by atomic mass is 35.5. The van der Waals surface area contributed by atoms with Gasteiger partial charge in [0.1, 0.15) is 0 Å². The molecule has 28 heavy (non-hydrogen) atoms. The van der Waals surface area contributed by atoms with Gasteiger partial charge in [0.2, 0.25) is 5.91 Å². The van der Waals surface area contributed by atoms with Crippen molar-refractivity contribution in [3.05, 3.63) is 59.4 Å². The molecular formula is C22H31ClN4O. The average molecular weight is 403 g/mol. The molecule has 3 rings (SSSR count). The van der Waals surface area contributed by atoms with E-state index in [1.807, 2.05) is 23.1 Å². The van der Waals surface area contributed by atoms with Crippen LogP contribution in [-0.4, -0.2) is 40.2 Å². The van der Waals surface area contributed by atoms with Crippen LogP contribution in [0.2, 0.25) is 0 Å². The monoisotopic (exact) mass is 402 g/mol. The van der Waals surface area contributed by atoms with E-state index in [1.54, 1.807) is 0 Å². The molecule has 152 valence electrons. The molecule has 1 aliphatic rings. The summed E-state index contributed by atoms with van der Waals surface area (Å²) in [6.07, 6.45) is 7.45. The van der Waals surface area contributed by atoms with Crippen molar-refractivity contribution in [1.82, 2.24) is 20.0 Å². The van der Waals surface area contributed by atoms with Gasteiger partial charge in [-0.05, 0) is 31.0 Å². The zero-order valence-corrected chi connectivity index (χ0v) is 17.5. The lowest BCUT2D eigenvalue weighted by atomic mass is 10.2. The minimum Gasteiger partial charge on any atom is -0.339 e. The van der Waals surface area contributed by atoms with Gasteiger partial charge in [0.05, 0.1) is 11.4 Å². The first-order valence-electron chi connectivity index (χ1n) is 10.0. The van der Waals surface area contributed by atoms with Gasteiger partial charge in [-0.25, -0.2) is 0 Å². The Morgan fingerprint density at radius 1 is 1.32 bits per heavy atom. The highest BCUT2D eigenvalue weighted by Gasteiger charge is 2.14. The quantitative estimate of drug-likeness (QED) is 0.732. The van der Waals surface area contributed by atoms with Crippen LogP contribution >= 0.6 is 12.4 Å². The first-order valence-corrected chi connectivity index (χ1v) is 10.0. The molecule has 1 N–H and O–H groups in total. The van der Waals surface area contributed by atoms with E-state index in [4.69, 9.17) is 0 Å². The number of hydrogen-bond acceptors (Lipinski definition) is 3. The predicted octanol–water partition coefficient (Wildman–Crippen LogP) is 3.68. The smallest absolute Gasteiger partial charge is 0.223 e. The van der Waals surface area contributed by atoms with Crippen molar-refractivity contribution in [2.45, 2.75) is 45.7 Å².